The lowest BCUT2D eigenvalue weighted by Gasteiger charge is -2.06. The van der Waals surface area contributed by atoms with Crippen LogP contribution in [0.2, 0.25) is 0 Å². The largest absolute Gasteiger partial charge is 0.496 e. The van der Waals surface area contributed by atoms with E-state index in [9.17, 15) is 9.59 Å². The minimum atomic E-state index is -0.472. The number of ether oxygens (including phenoxy) is 3. The maximum absolute atomic E-state index is 12.6. The number of Topliss-reactive ketones (excluding diaryl/α,β-unsaturated/α-hetero) is 1. The monoisotopic (exact) mass is 412 g/mol. The second-order valence-electron chi connectivity index (χ2n) is 6.98. The van der Waals surface area contributed by atoms with E-state index < -0.39 is 5.97 Å². The van der Waals surface area contributed by atoms with Gasteiger partial charge in [-0.05, 0) is 43.3 Å². The molecule has 3 aromatic carbocycles. The molecule has 154 valence electrons. The van der Waals surface area contributed by atoms with E-state index in [0.717, 1.165) is 16.9 Å². The summed E-state index contributed by atoms with van der Waals surface area (Å²) >= 11 is 0. The minimum absolute atomic E-state index is 0.197. The molecule has 3 aromatic rings. The Morgan fingerprint density at radius 3 is 2.55 bits per heavy atom. The lowest BCUT2D eigenvalue weighted by atomic mass is 10.1. The van der Waals surface area contributed by atoms with Gasteiger partial charge in [0.15, 0.2) is 5.76 Å². The Morgan fingerprint density at radius 1 is 1.00 bits per heavy atom. The fourth-order valence-electron chi connectivity index (χ4n) is 3.14. The molecule has 5 heteroatoms. The first kappa shape index (κ1) is 20.2. The highest BCUT2D eigenvalue weighted by Gasteiger charge is 2.27. The van der Waals surface area contributed by atoms with Crippen LogP contribution in [0.4, 0.5) is 0 Å². The minimum Gasteiger partial charge on any atom is -0.496 e. The third-order valence-corrected chi connectivity index (χ3v) is 4.80. The molecule has 0 saturated carbocycles. The molecule has 0 N–H and O–H groups in total. The standard InChI is InChI=1S/C26H20O5/c1-17-10-12-19(13-11-17)26(28)30-20-14-15-21-24(16-20)31-23(25(21)27)9-5-7-18-6-3-4-8-22(18)29-2/h3-16H,1-2H3/b7-5+,23-9+. The molecule has 1 aliphatic rings. The molecule has 0 amide bonds. The molecule has 0 fully saturated rings. The van der Waals surface area contributed by atoms with Crippen LogP contribution in [0.5, 0.6) is 17.2 Å². The van der Waals surface area contributed by atoms with Gasteiger partial charge in [-0.1, -0.05) is 48.0 Å². The van der Waals surface area contributed by atoms with Crippen molar-refractivity contribution in [1.29, 1.82) is 0 Å². The molecule has 0 aliphatic carbocycles. The Bertz CT molecular complexity index is 1200. The Hall–Kier alpha value is -4.12. The maximum Gasteiger partial charge on any atom is 0.343 e. The van der Waals surface area contributed by atoms with Gasteiger partial charge in [0.05, 0.1) is 18.2 Å². The summed E-state index contributed by atoms with van der Waals surface area (Å²) in [6.45, 7) is 1.95. The van der Waals surface area contributed by atoms with Gasteiger partial charge in [0, 0.05) is 11.6 Å². The molecule has 1 heterocycles. The van der Waals surface area contributed by atoms with Crippen molar-refractivity contribution in [3.05, 3.63) is 107 Å². The average molecular weight is 412 g/mol. The summed E-state index contributed by atoms with van der Waals surface area (Å²) in [6.07, 6.45) is 5.17. The zero-order valence-electron chi connectivity index (χ0n) is 17.1. The lowest BCUT2D eigenvalue weighted by molar-refractivity contribution is 0.0734. The van der Waals surface area contributed by atoms with Crippen molar-refractivity contribution >= 4 is 17.8 Å². The maximum atomic E-state index is 12.6. The van der Waals surface area contributed by atoms with Gasteiger partial charge in [-0.15, -0.1) is 0 Å². The van der Waals surface area contributed by atoms with E-state index in [1.54, 1.807) is 49.6 Å². The number of benzene rings is 3. The highest BCUT2D eigenvalue weighted by atomic mass is 16.5. The molecule has 5 nitrogen and oxygen atoms in total. The van der Waals surface area contributed by atoms with Gasteiger partial charge in [-0.2, -0.15) is 0 Å². The molecule has 0 saturated heterocycles. The quantitative estimate of drug-likeness (QED) is 0.319. The van der Waals surface area contributed by atoms with Gasteiger partial charge < -0.3 is 14.2 Å². The first-order chi connectivity index (χ1) is 15.0. The number of esters is 1. The van der Waals surface area contributed by atoms with Gasteiger partial charge >= 0.3 is 5.97 Å². The van der Waals surface area contributed by atoms with Crippen LogP contribution in [0.1, 0.15) is 31.8 Å². The molecule has 0 bridgehead atoms. The number of hydrogen-bond acceptors (Lipinski definition) is 5. The Balaban J connectivity index is 1.49. The van der Waals surface area contributed by atoms with Crippen LogP contribution in [0, 0.1) is 6.92 Å². The number of fused-ring (bicyclic) bond motifs is 1. The van der Waals surface area contributed by atoms with E-state index in [1.165, 1.54) is 0 Å². The van der Waals surface area contributed by atoms with Crippen LogP contribution in [-0.2, 0) is 0 Å². The number of carbonyl (C=O) groups excluding carboxylic acids is 2. The van der Waals surface area contributed by atoms with Crippen molar-refractivity contribution in [3.63, 3.8) is 0 Å². The Labute approximate surface area is 180 Å². The Kier molecular flexibility index (Phi) is 5.67. The summed E-state index contributed by atoms with van der Waals surface area (Å²) in [5.41, 5.74) is 2.81. The van der Waals surface area contributed by atoms with Crippen LogP contribution in [0.15, 0.2) is 84.6 Å². The van der Waals surface area contributed by atoms with E-state index in [2.05, 4.69) is 0 Å². The van der Waals surface area contributed by atoms with Crippen molar-refractivity contribution in [3.8, 4) is 17.2 Å². The molecule has 0 radical (unpaired) electrons. The molecule has 0 unspecified atom stereocenters. The lowest BCUT2D eigenvalue weighted by Crippen LogP contribution is -2.08. The van der Waals surface area contributed by atoms with Crippen LogP contribution in [0.3, 0.4) is 0 Å². The van der Waals surface area contributed by atoms with E-state index >= 15 is 0 Å². The highest BCUT2D eigenvalue weighted by molar-refractivity contribution is 6.12. The number of aryl methyl sites for hydroxylation is 1. The number of para-hydroxylation sites is 1. The van der Waals surface area contributed by atoms with E-state index in [4.69, 9.17) is 14.2 Å². The number of allylic oxidation sites excluding steroid dienone is 3. The van der Waals surface area contributed by atoms with E-state index in [-0.39, 0.29) is 11.5 Å². The zero-order valence-corrected chi connectivity index (χ0v) is 17.1. The first-order valence-corrected chi connectivity index (χ1v) is 9.72. The summed E-state index contributed by atoms with van der Waals surface area (Å²) in [5.74, 6) is 0.900. The van der Waals surface area contributed by atoms with Gasteiger partial charge in [0.2, 0.25) is 5.78 Å². The number of ketones is 1. The Morgan fingerprint density at radius 2 is 1.77 bits per heavy atom. The predicted octanol–water partition coefficient (Wildman–Crippen LogP) is 5.40. The van der Waals surface area contributed by atoms with Crippen molar-refractivity contribution in [2.75, 3.05) is 7.11 Å². The number of methoxy groups -OCH3 is 1. The van der Waals surface area contributed by atoms with Crippen molar-refractivity contribution in [2.45, 2.75) is 6.92 Å². The van der Waals surface area contributed by atoms with Crippen molar-refractivity contribution < 1.29 is 23.8 Å². The molecular formula is C26H20O5. The second kappa shape index (κ2) is 8.71. The molecule has 0 atom stereocenters. The second-order valence-corrected chi connectivity index (χ2v) is 6.98. The highest BCUT2D eigenvalue weighted by Crippen LogP contribution is 2.34. The summed E-state index contributed by atoms with van der Waals surface area (Å²) in [7, 11) is 1.61. The summed E-state index contributed by atoms with van der Waals surface area (Å²) in [6, 6.07) is 19.4. The van der Waals surface area contributed by atoms with Crippen molar-refractivity contribution in [2.24, 2.45) is 0 Å². The number of hydrogen-bond donors (Lipinski definition) is 0. The fraction of sp³-hybridized carbons (Fsp3) is 0.0769. The van der Waals surface area contributed by atoms with Gasteiger partial charge in [-0.3, -0.25) is 4.79 Å². The first-order valence-electron chi connectivity index (χ1n) is 9.72. The van der Waals surface area contributed by atoms with Gasteiger partial charge in [-0.25, -0.2) is 4.79 Å². The third kappa shape index (κ3) is 4.41. The van der Waals surface area contributed by atoms with Crippen LogP contribution < -0.4 is 14.2 Å². The van der Waals surface area contributed by atoms with Crippen LogP contribution >= 0.6 is 0 Å². The summed E-state index contributed by atoms with van der Waals surface area (Å²) in [5, 5.41) is 0. The van der Waals surface area contributed by atoms with Gasteiger partial charge in [0.25, 0.3) is 0 Å². The zero-order chi connectivity index (χ0) is 21.8. The van der Waals surface area contributed by atoms with Crippen molar-refractivity contribution in [1.82, 2.24) is 0 Å². The SMILES string of the molecule is COc1ccccc1/C=C/C=C1/Oc2cc(OC(=O)c3ccc(C)cc3)ccc2C1=O. The molecule has 4 rings (SSSR count). The predicted molar refractivity (Wildman–Crippen MR) is 118 cm³/mol. The van der Waals surface area contributed by atoms with Crippen LogP contribution in [0.25, 0.3) is 6.08 Å². The molecular weight excluding hydrogens is 392 g/mol. The molecule has 31 heavy (non-hydrogen) atoms. The summed E-state index contributed by atoms with van der Waals surface area (Å²) < 4.78 is 16.4. The van der Waals surface area contributed by atoms with E-state index in [1.807, 2.05) is 49.4 Å². The molecule has 0 aromatic heterocycles. The molecule has 1 aliphatic heterocycles. The van der Waals surface area contributed by atoms with E-state index in [0.29, 0.717) is 22.6 Å². The van der Waals surface area contributed by atoms with Gasteiger partial charge in [0.1, 0.15) is 17.2 Å². The fourth-order valence-corrected chi connectivity index (χ4v) is 3.14. The number of carbonyl (C=O) groups is 2. The smallest absolute Gasteiger partial charge is 0.343 e. The topological polar surface area (TPSA) is 61.8 Å². The summed E-state index contributed by atoms with van der Waals surface area (Å²) in [4.78, 5) is 24.9. The number of rotatable bonds is 5. The van der Waals surface area contributed by atoms with Crippen LogP contribution in [-0.4, -0.2) is 18.9 Å². The normalized spacial score (nSPS) is 13.9. The average Bonchev–Trinajstić information content (AvgIpc) is 3.09. The molecule has 0 spiro atoms. The third-order valence-electron chi connectivity index (χ3n) is 4.80.